The number of fused-ring (bicyclic) bond motifs is 1. The SMILES string of the molecule is N#CCC1(Cn2c(CN3CCC(Oc4ccc(F)c(OCc5ccc(Cl)cc5F)n4)CC3)nc3c(F)cc(C(=O)O)cc32)CC1. The Hall–Kier alpha value is -4.34. The van der Waals surface area contributed by atoms with Crippen molar-refractivity contribution in [3.63, 3.8) is 0 Å². The molecule has 2 aromatic carbocycles. The molecule has 3 heterocycles. The zero-order valence-electron chi connectivity index (χ0n) is 24.1. The van der Waals surface area contributed by atoms with Crippen LogP contribution in [0.3, 0.4) is 0 Å². The molecule has 0 spiro atoms. The Labute approximate surface area is 261 Å². The maximum Gasteiger partial charge on any atom is 0.335 e. The van der Waals surface area contributed by atoms with Gasteiger partial charge in [-0.15, -0.1) is 0 Å². The fraction of sp³-hybridized carbons (Fsp3) is 0.375. The second-order valence-corrected chi connectivity index (χ2v) is 12.1. The minimum Gasteiger partial charge on any atom is -0.478 e. The van der Waals surface area contributed by atoms with E-state index in [-0.39, 0.29) is 51.6 Å². The Morgan fingerprint density at radius 3 is 2.53 bits per heavy atom. The number of carbonyl (C=O) groups is 1. The number of likely N-dealkylation sites (tertiary alicyclic amines) is 1. The lowest BCUT2D eigenvalue weighted by molar-refractivity contribution is 0.0696. The van der Waals surface area contributed by atoms with Gasteiger partial charge in [0.15, 0.2) is 11.6 Å². The molecule has 1 aliphatic carbocycles. The highest BCUT2D eigenvalue weighted by molar-refractivity contribution is 6.30. The maximum atomic E-state index is 15.0. The fourth-order valence-electron chi connectivity index (χ4n) is 5.63. The van der Waals surface area contributed by atoms with Crippen LogP contribution in [0, 0.1) is 34.2 Å². The standard InChI is InChI=1S/C32H29ClF3N5O4/c33-21-2-1-19(24(35)15-21)17-44-30-23(34)3-4-28(39-30)45-22-5-11-40(12-6-22)16-27-38-29-25(36)13-20(31(42)43)14-26(29)41(27)18-32(7-8-32)9-10-37/h1-4,13-15,22H,5-9,11-12,16-18H2,(H,42,43). The number of rotatable bonds is 11. The predicted octanol–water partition coefficient (Wildman–Crippen LogP) is 6.52. The monoisotopic (exact) mass is 639 g/mol. The van der Waals surface area contributed by atoms with Crippen molar-refractivity contribution in [2.45, 2.75) is 57.9 Å². The smallest absolute Gasteiger partial charge is 0.335 e. The zero-order chi connectivity index (χ0) is 31.7. The number of nitrogens with zero attached hydrogens (tertiary/aromatic N) is 5. The highest BCUT2D eigenvalue weighted by Gasteiger charge is 2.43. The Morgan fingerprint density at radius 2 is 1.84 bits per heavy atom. The number of ether oxygens (including phenoxy) is 2. The largest absolute Gasteiger partial charge is 0.478 e. The molecule has 0 unspecified atom stereocenters. The third-order valence-electron chi connectivity index (χ3n) is 8.39. The summed E-state index contributed by atoms with van der Waals surface area (Å²) in [7, 11) is 0. The molecule has 234 valence electrons. The quantitative estimate of drug-likeness (QED) is 0.197. The first-order valence-corrected chi connectivity index (χ1v) is 14.9. The number of aromatic nitrogens is 3. The highest BCUT2D eigenvalue weighted by Crippen LogP contribution is 2.50. The average molecular weight is 640 g/mol. The van der Waals surface area contributed by atoms with Crippen LogP contribution in [0.4, 0.5) is 13.2 Å². The van der Waals surface area contributed by atoms with E-state index in [1.165, 1.54) is 30.3 Å². The summed E-state index contributed by atoms with van der Waals surface area (Å²) in [6, 6.07) is 11.4. The number of hydrogen-bond donors (Lipinski definition) is 1. The van der Waals surface area contributed by atoms with Crippen LogP contribution in [0.2, 0.25) is 5.02 Å². The van der Waals surface area contributed by atoms with Crippen molar-refractivity contribution >= 4 is 28.6 Å². The topological polar surface area (TPSA) is 114 Å². The molecular formula is C32H29ClF3N5O4. The average Bonchev–Trinajstić information content (AvgIpc) is 3.68. The van der Waals surface area contributed by atoms with Crippen LogP contribution in [0.5, 0.6) is 11.8 Å². The predicted molar refractivity (Wildman–Crippen MR) is 157 cm³/mol. The zero-order valence-corrected chi connectivity index (χ0v) is 24.9. The van der Waals surface area contributed by atoms with Crippen LogP contribution in [-0.4, -0.2) is 49.7 Å². The van der Waals surface area contributed by atoms with Gasteiger partial charge >= 0.3 is 5.97 Å². The van der Waals surface area contributed by atoms with E-state index in [4.69, 9.17) is 21.1 Å². The molecule has 1 saturated carbocycles. The number of halogens is 4. The number of nitriles is 1. The van der Waals surface area contributed by atoms with E-state index in [1.807, 2.05) is 4.57 Å². The third kappa shape index (κ3) is 6.84. The number of carboxylic acids is 1. The highest BCUT2D eigenvalue weighted by atomic mass is 35.5. The summed E-state index contributed by atoms with van der Waals surface area (Å²) in [5.74, 6) is -2.72. The van der Waals surface area contributed by atoms with Gasteiger partial charge in [0.2, 0.25) is 5.88 Å². The van der Waals surface area contributed by atoms with Crippen LogP contribution in [0.1, 0.15) is 53.8 Å². The molecule has 9 nitrogen and oxygen atoms in total. The van der Waals surface area contributed by atoms with Crippen LogP contribution >= 0.6 is 11.6 Å². The lowest BCUT2D eigenvalue weighted by Crippen LogP contribution is -2.38. The molecule has 0 bridgehead atoms. The number of pyridine rings is 1. The van der Waals surface area contributed by atoms with Gasteiger partial charge in [0.25, 0.3) is 5.88 Å². The second kappa shape index (κ2) is 12.6. The van der Waals surface area contributed by atoms with E-state index in [0.29, 0.717) is 56.8 Å². The first-order valence-electron chi connectivity index (χ1n) is 14.5. The minimum atomic E-state index is -1.23. The normalized spacial score (nSPS) is 16.4. The number of carboxylic acid groups (broad SMARTS) is 1. The summed E-state index contributed by atoms with van der Waals surface area (Å²) in [6.45, 7) is 1.87. The van der Waals surface area contributed by atoms with E-state index >= 15 is 0 Å². The summed E-state index contributed by atoms with van der Waals surface area (Å²) in [6.07, 6.45) is 3.14. The number of benzene rings is 2. The first kappa shape index (κ1) is 30.7. The summed E-state index contributed by atoms with van der Waals surface area (Å²) < 4.78 is 56.8. The second-order valence-electron chi connectivity index (χ2n) is 11.6. The Balaban J connectivity index is 1.12. The number of aromatic carboxylic acids is 1. The van der Waals surface area contributed by atoms with Gasteiger partial charge in [0, 0.05) is 48.1 Å². The van der Waals surface area contributed by atoms with Gasteiger partial charge in [-0.05, 0) is 56.0 Å². The Kier molecular flexibility index (Phi) is 8.57. The van der Waals surface area contributed by atoms with Gasteiger partial charge in [-0.25, -0.2) is 22.9 Å². The lowest BCUT2D eigenvalue weighted by atomic mass is 10.0. The van der Waals surface area contributed by atoms with Crippen molar-refractivity contribution in [2.75, 3.05) is 13.1 Å². The summed E-state index contributed by atoms with van der Waals surface area (Å²) in [4.78, 5) is 22.5. The third-order valence-corrected chi connectivity index (χ3v) is 8.63. The van der Waals surface area contributed by atoms with Gasteiger partial charge < -0.3 is 19.1 Å². The van der Waals surface area contributed by atoms with Crippen molar-refractivity contribution in [3.8, 4) is 17.8 Å². The van der Waals surface area contributed by atoms with Gasteiger partial charge in [-0.2, -0.15) is 10.2 Å². The molecule has 0 amide bonds. The van der Waals surface area contributed by atoms with Crippen LogP contribution in [-0.2, 0) is 19.7 Å². The molecule has 1 saturated heterocycles. The fourth-order valence-corrected chi connectivity index (χ4v) is 5.79. The minimum absolute atomic E-state index is 0.111. The molecule has 2 aromatic heterocycles. The van der Waals surface area contributed by atoms with E-state index in [1.54, 1.807) is 0 Å². The van der Waals surface area contributed by atoms with Crippen molar-refractivity contribution < 1.29 is 32.5 Å². The number of hydrogen-bond acceptors (Lipinski definition) is 7. The molecule has 6 rings (SSSR count). The van der Waals surface area contributed by atoms with Crippen molar-refractivity contribution in [1.82, 2.24) is 19.4 Å². The number of piperidine rings is 1. The van der Waals surface area contributed by atoms with Crippen molar-refractivity contribution in [2.24, 2.45) is 5.41 Å². The summed E-state index contributed by atoms with van der Waals surface area (Å²) in [5, 5.41) is 19.1. The molecule has 1 N–H and O–H groups in total. The first-order chi connectivity index (χ1) is 21.6. The summed E-state index contributed by atoms with van der Waals surface area (Å²) >= 11 is 5.78. The van der Waals surface area contributed by atoms with Crippen molar-refractivity contribution in [3.05, 3.63) is 81.9 Å². The van der Waals surface area contributed by atoms with Gasteiger partial charge in [-0.1, -0.05) is 17.7 Å². The Bertz CT molecular complexity index is 1800. The van der Waals surface area contributed by atoms with Crippen LogP contribution < -0.4 is 9.47 Å². The Morgan fingerprint density at radius 1 is 1.07 bits per heavy atom. The molecular weight excluding hydrogens is 611 g/mol. The van der Waals surface area contributed by atoms with E-state index in [0.717, 1.165) is 25.0 Å². The van der Waals surface area contributed by atoms with Gasteiger partial charge in [0.05, 0.1) is 23.7 Å². The molecule has 0 atom stereocenters. The number of imidazole rings is 1. The molecule has 0 radical (unpaired) electrons. The molecule has 2 aliphatic rings. The van der Waals surface area contributed by atoms with Crippen LogP contribution in [0.15, 0.2) is 42.5 Å². The van der Waals surface area contributed by atoms with E-state index < -0.39 is 23.4 Å². The van der Waals surface area contributed by atoms with Crippen LogP contribution in [0.25, 0.3) is 11.0 Å². The molecule has 13 heteroatoms. The van der Waals surface area contributed by atoms with Gasteiger partial charge in [0.1, 0.15) is 29.9 Å². The van der Waals surface area contributed by atoms with E-state index in [2.05, 4.69) is 20.9 Å². The van der Waals surface area contributed by atoms with Gasteiger partial charge in [-0.3, -0.25) is 4.90 Å². The molecule has 4 aromatic rings. The molecule has 2 fully saturated rings. The summed E-state index contributed by atoms with van der Waals surface area (Å²) in [5.41, 5.74) is 0.344. The maximum absolute atomic E-state index is 15.0. The molecule has 1 aliphatic heterocycles. The van der Waals surface area contributed by atoms with Crippen molar-refractivity contribution in [1.29, 1.82) is 5.26 Å². The lowest BCUT2D eigenvalue weighted by Gasteiger charge is -2.32. The molecule has 45 heavy (non-hydrogen) atoms. The van der Waals surface area contributed by atoms with E-state index in [9.17, 15) is 28.3 Å².